The number of benzene rings is 1. The van der Waals surface area contributed by atoms with E-state index in [2.05, 4.69) is 29.0 Å². The van der Waals surface area contributed by atoms with Crippen LogP contribution in [-0.2, 0) is 5.41 Å². The van der Waals surface area contributed by atoms with E-state index in [1.807, 2.05) is 13.8 Å². The summed E-state index contributed by atoms with van der Waals surface area (Å²) in [6.07, 6.45) is 3.36. The molecule has 0 saturated heterocycles. The minimum Gasteiger partial charge on any atom is -0.448 e. The molecule has 2 aromatic heterocycles. The number of fused-ring (bicyclic) bond motifs is 1. The van der Waals surface area contributed by atoms with E-state index < -0.39 is 17.0 Å². The van der Waals surface area contributed by atoms with Crippen molar-refractivity contribution in [3.63, 3.8) is 0 Å². The van der Waals surface area contributed by atoms with Crippen LogP contribution >= 0.6 is 0 Å². The van der Waals surface area contributed by atoms with Crippen LogP contribution in [0.15, 0.2) is 34.9 Å². The molecule has 0 spiro atoms. The number of aromatic nitrogens is 3. The van der Waals surface area contributed by atoms with Crippen LogP contribution < -0.4 is 0 Å². The SMILES string of the molecule is Cc1coc(C2(C)CCC(C(C)C)c3cc(-c4c(F)cccc4F)nnc32)n1. The molecular weight excluding hydrogens is 360 g/mol. The van der Waals surface area contributed by atoms with Gasteiger partial charge in [-0.1, -0.05) is 19.9 Å². The van der Waals surface area contributed by atoms with Crippen molar-refractivity contribution in [2.45, 2.75) is 51.9 Å². The smallest absolute Gasteiger partial charge is 0.206 e. The largest absolute Gasteiger partial charge is 0.448 e. The van der Waals surface area contributed by atoms with Gasteiger partial charge in [0, 0.05) is 0 Å². The van der Waals surface area contributed by atoms with Gasteiger partial charge in [0.2, 0.25) is 5.89 Å². The Labute approximate surface area is 163 Å². The van der Waals surface area contributed by atoms with E-state index in [1.165, 1.54) is 18.2 Å². The van der Waals surface area contributed by atoms with Crippen LogP contribution in [0.1, 0.15) is 62.4 Å². The molecule has 6 heteroatoms. The van der Waals surface area contributed by atoms with Crippen molar-refractivity contribution in [1.29, 1.82) is 0 Å². The number of aryl methyl sites for hydroxylation is 1. The molecule has 1 aliphatic rings. The molecule has 3 aromatic rings. The van der Waals surface area contributed by atoms with Crippen molar-refractivity contribution >= 4 is 0 Å². The van der Waals surface area contributed by atoms with Gasteiger partial charge in [-0.2, -0.15) is 5.10 Å². The molecule has 0 bridgehead atoms. The third-order valence-corrected chi connectivity index (χ3v) is 5.82. The van der Waals surface area contributed by atoms with Crippen LogP contribution in [0.4, 0.5) is 8.78 Å². The molecule has 1 aliphatic carbocycles. The van der Waals surface area contributed by atoms with Gasteiger partial charge >= 0.3 is 0 Å². The molecule has 0 amide bonds. The van der Waals surface area contributed by atoms with Crippen molar-refractivity contribution in [2.24, 2.45) is 5.92 Å². The minimum absolute atomic E-state index is 0.139. The second kappa shape index (κ2) is 6.76. The molecule has 146 valence electrons. The maximum absolute atomic E-state index is 14.3. The Hall–Kier alpha value is -2.63. The fourth-order valence-corrected chi connectivity index (χ4v) is 4.21. The van der Waals surface area contributed by atoms with E-state index >= 15 is 0 Å². The topological polar surface area (TPSA) is 51.8 Å². The van der Waals surface area contributed by atoms with E-state index in [4.69, 9.17) is 4.42 Å². The summed E-state index contributed by atoms with van der Waals surface area (Å²) in [5.74, 6) is -0.0950. The van der Waals surface area contributed by atoms with E-state index in [9.17, 15) is 8.78 Å². The molecule has 0 saturated carbocycles. The standard InChI is InChI=1S/C22H23F2N3O/c1-12(2)14-8-9-22(4,21-25-13(3)11-28-21)20-15(14)10-18(26-27-20)19-16(23)6-5-7-17(19)24/h5-7,10-12,14H,8-9H2,1-4H3. The number of rotatable bonds is 3. The maximum Gasteiger partial charge on any atom is 0.206 e. The fraction of sp³-hybridized carbons (Fsp3) is 0.409. The normalized spacial score (nSPS) is 21.8. The van der Waals surface area contributed by atoms with Crippen LogP contribution in [-0.4, -0.2) is 15.2 Å². The molecule has 0 radical (unpaired) electrons. The minimum atomic E-state index is -0.641. The van der Waals surface area contributed by atoms with Gasteiger partial charge < -0.3 is 4.42 Å². The molecular formula is C22H23F2N3O. The van der Waals surface area contributed by atoms with Gasteiger partial charge in [0.05, 0.1) is 28.1 Å². The number of nitrogens with zero attached hydrogens (tertiary/aromatic N) is 3. The molecule has 1 aromatic carbocycles. The lowest BCUT2D eigenvalue weighted by molar-refractivity contribution is 0.301. The van der Waals surface area contributed by atoms with Crippen molar-refractivity contribution < 1.29 is 13.2 Å². The Morgan fingerprint density at radius 3 is 2.50 bits per heavy atom. The molecule has 2 heterocycles. The van der Waals surface area contributed by atoms with Crippen LogP contribution in [0.25, 0.3) is 11.3 Å². The Morgan fingerprint density at radius 1 is 1.18 bits per heavy atom. The van der Waals surface area contributed by atoms with Crippen molar-refractivity contribution in [2.75, 3.05) is 0 Å². The first-order valence-electron chi connectivity index (χ1n) is 9.56. The summed E-state index contributed by atoms with van der Waals surface area (Å²) >= 11 is 0. The number of hydrogen-bond donors (Lipinski definition) is 0. The molecule has 4 nitrogen and oxygen atoms in total. The summed E-state index contributed by atoms with van der Waals surface area (Å²) in [7, 11) is 0. The zero-order valence-electron chi connectivity index (χ0n) is 16.5. The van der Waals surface area contributed by atoms with Crippen LogP contribution in [0.2, 0.25) is 0 Å². The van der Waals surface area contributed by atoms with Crippen molar-refractivity contribution in [3.05, 3.63) is 65.0 Å². The quantitative estimate of drug-likeness (QED) is 0.594. The monoisotopic (exact) mass is 383 g/mol. The number of oxazole rings is 1. The average molecular weight is 383 g/mol. The Morgan fingerprint density at radius 2 is 1.89 bits per heavy atom. The van der Waals surface area contributed by atoms with E-state index in [1.54, 1.807) is 12.3 Å². The zero-order chi connectivity index (χ0) is 20.1. The first kappa shape index (κ1) is 18.7. The molecule has 2 atom stereocenters. The zero-order valence-corrected chi connectivity index (χ0v) is 16.5. The predicted octanol–water partition coefficient (Wildman–Crippen LogP) is 5.56. The van der Waals surface area contributed by atoms with Gasteiger partial charge in [-0.3, -0.25) is 0 Å². The number of halogens is 2. The molecule has 4 rings (SSSR count). The average Bonchev–Trinajstić information content (AvgIpc) is 3.09. The molecule has 0 aliphatic heterocycles. The van der Waals surface area contributed by atoms with Gasteiger partial charge in [-0.05, 0) is 62.3 Å². The Kier molecular flexibility index (Phi) is 4.52. The predicted molar refractivity (Wildman–Crippen MR) is 102 cm³/mol. The van der Waals surface area contributed by atoms with Gasteiger partial charge in [0.25, 0.3) is 0 Å². The molecule has 28 heavy (non-hydrogen) atoms. The van der Waals surface area contributed by atoms with Crippen LogP contribution in [0.5, 0.6) is 0 Å². The fourth-order valence-electron chi connectivity index (χ4n) is 4.21. The third kappa shape index (κ3) is 2.91. The summed E-state index contributed by atoms with van der Waals surface area (Å²) < 4.78 is 34.3. The highest BCUT2D eigenvalue weighted by atomic mass is 19.1. The van der Waals surface area contributed by atoms with Gasteiger partial charge in [-0.25, -0.2) is 13.8 Å². The van der Waals surface area contributed by atoms with Crippen molar-refractivity contribution in [1.82, 2.24) is 15.2 Å². The lowest BCUT2D eigenvalue weighted by atomic mass is 9.67. The Bertz CT molecular complexity index is 1010. The first-order chi connectivity index (χ1) is 13.3. The maximum atomic E-state index is 14.3. The van der Waals surface area contributed by atoms with Crippen LogP contribution in [0, 0.1) is 24.5 Å². The van der Waals surface area contributed by atoms with Gasteiger partial charge in [0.1, 0.15) is 17.9 Å². The van der Waals surface area contributed by atoms with E-state index in [0.717, 1.165) is 29.8 Å². The molecule has 0 N–H and O–H groups in total. The van der Waals surface area contributed by atoms with Gasteiger partial charge in [-0.15, -0.1) is 5.10 Å². The summed E-state index contributed by atoms with van der Waals surface area (Å²) in [5.41, 5.74) is 2.11. The summed E-state index contributed by atoms with van der Waals surface area (Å²) in [4.78, 5) is 4.53. The van der Waals surface area contributed by atoms with E-state index in [0.29, 0.717) is 11.8 Å². The van der Waals surface area contributed by atoms with E-state index in [-0.39, 0.29) is 17.2 Å². The number of hydrogen-bond acceptors (Lipinski definition) is 4. The van der Waals surface area contributed by atoms with Crippen LogP contribution in [0.3, 0.4) is 0 Å². The molecule has 2 unspecified atom stereocenters. The lowest BCUT2D eigenvalue weighted by Crippen LogP contribution is -2.34. The highest BCUT2D eigenvalue weighted by molar-refractivity contribution is 5.62. The summed E-state index contributed by atoms with van der Waals surface area (Å²) in [6, 6.07) is 5.61. The first-order valence-corrected chi connectivity index (χ1v) is 9.56. The van der Waals surface area contributed by atoms with Gasteiger partial charge in [0.15, 0.2) is 0 Å². The second-order valence-electron chi connectivity index (χ2n) is 8.15. The highest BCUT2D eigenvalue weighted by Gasteiger charge is 2.43. The second-order valence-corrected chi connectivity index (χ2v) is 8.15. The van der Waals surface area contributed by atoms with Crippen molar-refractivity contribution in [3.8, 4) is 11.3 Å². The molecule has 0 fully saturated rings. The highest BCUT2D eigenvalue weighted by Crippen LogP contribution is 2.48. The summed E-state index contributed by atoms with van der Waals surface area (Å²) in [5, 5.41) is 8.67. The third-order valence-electron chi connectivity index (χ3n) is 5.82. The lowest BCUT2D eigenvalue weighted by Gasteiger charge is -2.37. The Balaban J connectivity index is 1.91. The summed E-state index contributed by atoms with van der Waals surface area (Å²) in [6.45, 7) is 8.23.